The van der Waals surface area contributed by atoms with Crippen LogP contribution in [0.1, 0.15) is 45.1 Å². The van der Waals surface area contributed by atoms with Crippen LogP contribution in [0, 0.1) is 23.4 Å². The molecule has 0 aromatic heterocycles. The van der Waals surface area contributed by atoms with Crippen molar-refractivity contribution < 1.29 is 42.6 Å². The molecule has 0 spiro atoms. The number of carbonyl (C=O) groups excluding carboxylic acids is 2. The number of aliphatic carboxylic acids is 2. The Morgan fingerprint density at radius 3 is 2.00 bits per heavy atom. The van der Waals surface area contributed by atoms with Gasteiger partial charge in [0.25, 0.3) is 0 Å². The summed E-state index contributed by atoms with van der Waals surface area (Å²) >= 11 is 0. The minimum atomic E-state index is -1.26. The van der Waals surface area contributed by atoms with E-state index < -0.39 is 41.5 Å². The third-order valence-electron chi connectivity index (χ3n) is 6.33. The molecule has 0 saturated carbocycles. The standard InChI is InChI=1S/C20H26F3N3O2.C4H4O4/c1-10(25-11(2)27)20(28)26-14-3-4-15(26)6-13(5-14)19(24)8-12-7-17(22)18(23)9-16(12)21;5-3(6)1-2-4(7)8/h7,9-10,13-15,19H,3-6,8,24H2,1-2H3,(H,25,27);1-2H,(H,5,6)(H,7,8)/b;2-1-/t10?,13?,14-,15?,19+;/m0./s1. The first-order valence-electron chi connectivity index (χ1n) is 11.4. The quantitative estimate of drug-likeness (QED) is 0.322. The number of piperidine rings is 1. The highest BCUT2D eigenvalue weighted by Crippen LogP contribution is 2.40. The fourth-order valence-electron chi connectivity index (χ4n) is 4.80. The summed E-state index contributed by atoms with van der Waals surface area (Å²) in [7, 11) is 0. The van der Waals surface area contributed by atoms with Crippen LogP contribution in [0.15, 0.2) is 24.3 Å². The van der Waals surface area contributed by atoms with Crippen molar-refractivity contribution in [3.05, 3.63) is 47.3 Å². The van der Waals surface area contributed by atoms with Crippen molar-refractivity contribution in [1.82, 2.24) is 10.2 Å². The van der Waals surface area contributed by atoms with Gasteiger partial charge in [0.2, 0.25) is 11.8 Å². The molecule has 5 N–H and O–H groups in total. The van der Waals surface area contributed by atoms with E-state index in [1.807, 2.05) is 4.90 Å². The molecule has 1 aromatic carbocycles. The molecule has 2 aliphatic heterocycles. The van der Waals surface area contributed by atoms with Gasteiger partial charge in [-0.15, -0.1) is 0 Å². The van der Waals surface area contributed by atoms with Crippen molar-refractivity contribution >= 4 is 23.8 Å². The molecule has 2 amide bonds. The number of hydrogen-bond acceptors (Lipinski definition) is 5. The van der Waals surface area contributed by atoms with Gasteiger partial charge in [-0.05, 0) is 56.6 Å². The van der Waals surface area contributed by atoms with Gasteiger partial charge < -0.3 is 26.2 Å². The van der Waals surface area contributed by atoms with Crippen LogP contribution in [0.3, 0.4) is 0 Å². The Morgan fingerprint density at radius 2 is 1.53 bits per heavy atom. The van der Waals surface area contributed by atoms with Crippen molar-refractivity contribution in [2.24, 2.45) is 11.7 Å². The van der Waals surface area contributed by atoms with Crippen molar-refractivity contribution in [1.29, 1.82) is 0 Å². The molecule has 3 unspecified atom stereocenters. The summed E-state index contributed by atoms with van der Waals surface area (Å²) in [4.78, 5) is 44.9. The summed E-state index contributed by atoms with van der Waals surface area (Å²) in [6, 6.07) is 0.495. The molecule has 9 nitrogen and oxygen atoms in total. The van der Waals surface area contributed by atoms with Gasteiger partial charge in [-0.1, -0.05) is 0 Å². The number of carboxylic acids is 2. The Hall–Kier alpha value is -3.41. The number of nitrogens with zero attached hydrogens (tertiary/aromatic N) is 1. The lowest BCUT2D eigenvalue weighted by Gasteiger charge is -2.42. The molecule has 2 aliphatic rings. The Morgan fingerprint density at radius 1 is 1.03 bits per heavy atom. The molecule has 198 valence electrons. The van der Waals surface area contributed by atoms with E-state index in [9.17, 15) is 32.3 Å². The fraction of sp³-hybridized carbons (Fsp3) is 0.500. The van der Waals surface area contributed by atoms with Gasteiger partial charge in [-0.25, -0.2) is 22.8 Å². The second-order valence-corrected chi connectivity index (χ2v) is 9.02. The molecule has 12 heteroatoms. The summed E-state index contributed by atoms with van der Waals surface area (Å²) in [5.41, 5.74) is 6.36. The maximum absolute atomic E-state index is 13.9. The average Bonchev–Trinajstić information content (AvgIpc) is 3.04. The smallest absolute Gasteiger partial charge is 0.328 e. The number of fused-ring (bicyclic) bond motifs is 2. The lowest BCUT2D eigenvalue weighted by Crippen LogP contribution is -2.55. The van der Waals surface area contributed by atoms with Crippen molar-refractivity contribution in [3.63, 3.8) is 0 Å². The molecule has 2 bridgehead atoms. The number of amides is 2. The minimum absolute atomic E-state index is 0.0355. The second kappa shape index (κ2) is 12.5. The molecule has 5 atom stereocenters. The average molecular weight is 514 g/mol. The molecule has 0 aliphatic carbocycles. The molecule has 2 heterocycles. The van der Waals surface area contributed by atoms with Crippen LogP contribution >= 0.6 is 0 Å². The molecule has 2 saturated heterocycles. The first kappa shape index (κ1) is 28.8. The second-order valence-electron chi connectivity index (χ2n) is 9.02. The third-order valence-corrected chi connectivity index (χ3v) is 6.33. The maximum atomic E-state index is 13.9. The molecule has 1 aromatic rings. The summed E-state index contributed by atoms with van der Waals surface area (Å²) < 4.78 is 40.5. The number of hydrogen-bond donors (Lipinski definition) is 4. The molecule has 3 rings (SSSR count). The van der Waals surface area contributed by atoms with Gasteiger partial charge in [-0.2, -0.15) is 0 Å². The fourth-order valence-corrected chi connectivity index (χ4v) is 4.80. The lowest BCUT2D eigenvalue weighted by atomic mass is 9.82. The number of benzene rings is 1. The number of rotatable bonds is 7. The van der Waals surface area contributed by atoms with Crippen LogP contribution in [0.5, 0.6) is 0 Å². The zero-order chi connectivity index (χ0) is 27.2. The van der Waals surface area contributed by atoms with Crippen LogP contribution in [-0.4, -0.2) is 63.0 Å². The molecular weight excluding hydrogens is 483 g/mol. The summed E-state index contributed by atoms with van der Waals surface area (Å²) in [5, 5.41) is 18.3. The Bertz CT molecular complexity index is 1000. The van der Waals surface area contributed by atoms with Gasteiger partial charge in [0.1, 0.15) is 11.9 Å². The van der Waals surface area contributed by atoms with E-state index in [4.69, 9.17) is 15.9 Å². The van der Waals surface area contributed by atoms with E-state index in [1.54, 1.807) is 6.92 Å². The van der Waals surface area contributed by atoms with Crippen LogP contribution in [-0.2, 0) is 25.6 Å². The Labute approximate surface area is 206 Å². The van der Waals surface area contributed by atoms with Crippen LogP contribution in [0.2, 0.25) is 0 Å². The van der Waals surface area contributed by atoms with E-state index in [2.05, 4.69) is 5.32 Å². The first-order chi connectivity index (χ1) is 16.8. The maximum Gasteiger partial charge on any atom is 0.328 e. The number of nitrogens with one attached hydrogen (secondary N) is 1. The normalized spacial score (nSPS) is 22.4. The summed E-state index contributed by atoms with van der Waals surface area (Å²) in [6.45, 7) is 3.05. The predicted octanol–water partition coefficient (Wildman–Crippen LogP) is 1.98. The van der Waals surface area contributed by atoms with Gasteiger partial charge in [0.15, 0.2) is 11.6 Å². The lowest BCUT2D eigenvalue weighted by molar-refractivity contribution is -0.140. The van der Waals surface area contributed by atoms with Gasteiger partial charge in [-0.3, -0.25) is 9.59 Å². The number of carboxylic acid groups (broad SMARTS) is 2. The number of nitrogens with two attached hydrogens (primary N) is 1. The van der Waals surface area contributed by atoms with E-state index in [0.717, 1.165) is 18.9 Å². The molecule has 0 radical (unpaired) electrons. The minimum Gasteiger partial charge on any atom is -0.478 e. The SMILES string of the molecule is CC(=O)NC(C)C(=O)N1C2CC[C@H]1CC([C@H](N)Cc1cc(F)c(F)cc1F)C2.O=C(O)/C=C\C(=O)O. The zero-order valence-corrected chi connectivity index (χ0v) is 19.9. The van der Waals surface area contributed by atoms with Crippen molar-refractivity contribution in [3.8, 4) is 0 Å². The third kappa shape index (κ3) is 7.80. The molecule has 2 fully saturated rings. The topological polar surface area (TPSA) is 150 Å². The van der Waals surface area contributed by atoms with Crippen LogP contribution < -0.4 is 11.1 Å². The van der Waals surface area contributed by atoms with E-state index in [0.29, 0.717) is 31.1 Å². The zero-order valence-electron chi connectivity index (χ0n) is 19.9. The van der Waals surface area contributed by atoms with Crippen LogP contribution in [0.25, 0.3) is 0 Å². The molecular formula is C24H30F3N3O6. The number of carbonyl (C=O) groups is 4. The molecule has 36 heavy (non-hydrogen) atoms. The largest absolute Gasteiger partial charge is 0.478 e. The van der Waals surface area contributed by atoms with Crippen LogP contribution in [0.4, 0.5) is 13.2 Å². The Kier molecular flexibility index (Phi) is 10.0. The van der Waals surface area contributed by atoms with E-state index in [1.165, 1.54) is 6.92 Å². The summed E-state index contributed by atoms with van der Waals surface area (Å²) in [5.74, 6) is -5.90. The highest BCUT2D eigenvalue weighted by atomic mass is 19.2. The Balaban J connectivity index is 0.000000493. The van der Waals surface area contributed by atoms with E-state index >= 15 is 0 Å². The predicted molar refractivity (Wildman–Crippen MR) is 122 cm³/mol. The van der Waals surface area contributed by atoms with Gasteiger partial charge in [0.05, 0.1) is 0 Å². The first-order valence-corrected chi connectivity index (χ1v) is 11.4. The highest BCUT2D eigenvalue weighted by molar-refractivity contribution is 5.89. The van der Waals surface area contributed by atoms with Crippen molar-refractivity contribution in [2.45, 2.75) is 70.1 Å². The van der Waals surface area contributed by atoms with Gasteiger partial charge >= 0.3 is 11.9 Å². The number of halogens is 3. The highest BCUT2D eigenvalue weighted by Gasteiger charge is 2.45. The van der Waals surface area contributed by atoms with Gasteiger partial charge in [0, 0.05) is 43.3 Å². The van der Waals surface area contributed by atoms with E-state index in [-0.39, 0.29) is 41.8 Å². The summed E-state index contributed by atoms with van der Waals surface area (Å²) in [6.07, 6.45) is 4.33. The monoisotopic (exact) mass is 513 g/mol. The van der Waals surface area contributed by atoms with Crippen molar-refractivity contribution in [2.75, 3.05) is 0 Å².